The number of rotatable bonds is 1. The van der Waals surface area contributed by atoms with Crippen molar-refractivity contribution in [1.82, 2.24) is 5.32 Å². The summed E-state index contributed by atoms with van der Waals surface area (Å²) < 4.78 is 5.12. The predicted molar refractivity (Wildman–Crippen MR) is 61.9 cm³/mol. The summed E-state index contributed by atoms with van der Waals surface area (Å²) in [6.07, 6.45) is 3.67. The summed E-state index contributed by atoms with van der Waals surface area (Å²) in [7, 11) is 0. The van der Waals surface area contributed by atoms with Crippen LogP contribution >= 0.6 is 0 Å². The van der Waals surface area contributed by atoms with Crippen LogP contribution in [0.25, 0.3) is 0 Å². The SMILES string of the molecule is C=C1Cc2oc(=O)cc(C3CCC3)c2C(=O)N1. The molecular formula is C13H13NO3. The van der Waals surface area contributed by atoms with Crippen molar-refractivity contribution >= 4 is 5.91 Å². The van der Waals surface area contributed by atoms with Crippen LogP contribution in [0.1, 0.15) is 46.9 Å². The van der Waals surface area contributed by atoms with Crippen LogP contribution in [0.5, 0.6) is 0 Å². The van der Waals surface area contributed by atoms with Gasteiger partial charge in [-0.3, -0.25) is 4.79 Å². The number of carbonyl (C=O) groups is 1. The minimum atomic E-state index is -0.367. The Morgan fingerprint density at radius 3 is 2.76 bits per heavy atom. The Bertz CT molecular complexity index is 567. The van der Waals surface area contributed by atoms with Gasteiger partial charge in [-0.15, -0.1) is 0 Å². The van der Waals surface area contributed by atoms with Crippen molar-refractivity contribution in [1.29, 1.82) is 0 Å². The van der Waals surface area contributed by atoms with E-state index in [4.69, 9.17) is 4.42 Å². The van der Waals surface area contributed by atoms with Gasteiger partial charge in [-0.1, -0.05) is 13.0 Å². The highest BCUT2D eigenvalue weighted by atomic mass is 16.4. The molecule has 1 fully saturated rings. The molecule has 0 atom stereocenters. The molecule has 2 aliphatic rings. The van der Waals surface area contributed by atoms with Crippen molar-refractivity contribution in [3.8, 4) is 0 Å². The largest absolute Gasteiger partial charge is 0.427 e. The maximum Gasteiger partial charge on any atom is 0.336 e. The minimum Gasteiger partial charge on any atom is -0.427 e. The van der Waals surface area contributed by atoms with Crippen LogP contribution in [0.2, 0.25) is 0 Å². The Kier molecular flexibility index (Phi) is 2.18. The van der Waals surface area contributed by atoms with E-state index in [1.54, 1.807) is 0 Å². The number of allylic oxidation sites excluding steroid dienone is 1. The fraction of sp³-hybridized carbons (Fsp3) is 0.385. The summed E-state index contributed by atoms with van der Waals surface area (Å²) in [6.45, 7) is 3.71. The minimum absolute atomic E-state index is 0.193. The van der Waals surface area contributed by atoms with Gasteiger partial charge in [0.1, 0.15) is 5.76 Å². The summed E-state index contributed by atoms with van der Waals surface area (Å²) >= 11 is 0. The normalized spacial score (nSPS) is 19.5. The molecule has 1 aliphatic carbocycles. The fourth-order valence-electron chi connectivity index (χ4n) is 2.45. The number of hydrogen-bond acceptors (Lipinski definition) is 3. The Hall–Kier alpha value is -1.84. The molecule has 1 N–H and O–H groups in total. The first-order chi connectivity index (χ1) is 8.15. The van der Waals surface area contributed by atoms with Gasteiger partial charge in [0.2, 0.25) is 0 Å². The highest BCUT2D eigenvalue weighted by Crippen LogP contribution is 2.39. The van der Waals surface area contributed by atoms with Crippen molar-refractivity contribution in [3.63, 3.8) is 0 Å². The zero-order valence-corrected chi connectivity index (χ0v) is 9.41. The van der Waals surface area contributed by atoms with E-state index in [2.05, 4.69) is 11.9 Å². The third-order valence-corrected chi connectivity index (χ3v) is 3.50. The van der Waals surface area contributed by atoms with Crippen molar-refractivity contribution < 1.29 is 9.21 Å². The topological polar surface area (TPSA) is 59.3 Å². The van der Waals surface area contributed by atoms with E-state index in [0.29, 0.717) is 29.4 Å². The van der Waals surface area contributed by atoms with Crippen molar-refractivity contribution in [2.45, 2.75) is 31.6 Å². The summed E-state index contributed by atoms with van der Waals surface area (Å²) in [5.41, 5.74) is 1.62. The average Bonchev–Trinajstić information content (AvgIpc) is 2.11. The molecule has 1 saturated carbocycles. The van der Waals surface area contributed by atoms with Crippen LogP contribution in [0, 0.1) is 0 Å². The molecule has 0 saturated heterocycles. The number of amides is 1. The van der Waals surface area contributed by atoms with Crippen LogP contribution in [0.4, 0.5) is 0 Å². The van der Waals surface area contributed by atoms with Gasteiger partial charge in [0, 0.05) is 18.2 Å². The maximum absolute atomic E-state index is 11.9. The van der Waals surface area contributed by atoms with Gasteiger partial charge in [0.15, 0.2) is 0 Å². The van der Waals surface area contributed by atoms with Gasteiger partial charge in [-0.05, 0) is 24.3 Å². The molecule has 1 aliphatic heterocycles. The number of hydrogen-bond donors (Lipinski definition) is 1. The van der Waals surface area contributed by atoms with Gasteiger partial charge < -0.3 is 9.73 Å². The molecule has 1 aromatic rings. The first-order valence-electron chi connectivity index (χ1n) is 5.81. The fourth-order valence-corrected chi connectivity index (χ4v) is 2.45. The Labute approximate surface area is 98.3 Å². The number of fused-ring (bicyclic) bond motifs is 1. The monoisotopic (exact) mass is 231 g/mol. The molecule has 4 heteroatoms. The highest BCUT2D eigenvalue weighted by Gasteiger charge is 2.31. The Morgan fingerprint density at radius 2 is 2.12 bits per heavy atom. The summed E-state index contributed by atoms with van der Waals surface area (Å²) in [4.78, 5) is 23.4. The molecule has 1 amide bonds. The van der Waals surface area contributed by atoms with Crippen molar-refractivity contribution in [2.75, 3.05) is 0 Å². The third kappa shape index (κ3) is 1.60. The second-order valence-corrected chi connectivity index (χ2v) is 4.68. The zero-order chi connectivity index (χ0) is 12.0. The van der Waals surface area contributed by atoms with Crippen LogP contribution in [0.3, 0.4) is 0 Å². The molecular weight excluding hydrogens is 218 g/mol. The first-order valence-corrected chi connectivity index (χ1v) is 5.81. The summed E-state index contributed by atoms with van der Waals surface area (Å²) in [5.74, 6) is 0.611. The van der Waals surface area contributed by atoms with E-state index >= 15 is 0 Å². The molecule has 0 unspecified atom stereocenters. The third-order valence-electron chi connectivity index (χ3n) is 3.50. The lowest BCUT2D eigenvalue weighted by Crippen LogP contribution is -2.33. The Balaban J connectivity index is 2.18. The quantitative estimate of drug-likeness (QED) is 0.800. The van der Waals surface area contributed by atoms with E-state index in [9.17, 15) is 9.59 Å². The standard InChI is InChI=1S/C13H13NO3/c1-7-5-10-12(13(16)14-7)9(6-11(15)17-10)8-3-2-4-8/h6,8H,1-5H2,(H,14,16). The lowest BCUT2D eigenvalue weighted by molar-refractivity contribution is 0.0951. The first kappa shape index (κ1) is 10.3. The lowest BCUT2D eigenvalue weighted by Gasteiger charge is -2.29. The second-order valence-electron chi connectivity index (χ2n) is 4.68. The molecule has 0 radical (unpaired) electrons. The predicted octanol–water partition coefficient (Wildman–Crippen LogP) is 1.71. The van der Waals surface area contributed by atoms with E-state index < -0.39 is 0 Å². The summed E-state index contributed by atoms with van der Waals surface area (Å²) in [5, 5.41) is 2.70. The van der Waals surface area contributed by atoms with E-state index in [-0.39, 0.29) is 11.5 Å². The number of carbonyl (C=O) groups excluding carboxylic acids is 1. The lowest BCUT2D eigenvalue weighted by atomic mass is 9.77. The van der Waals surface area contributed by atoms with Gasteiger partial charge in [-0.25, -0.2) is 4.79 Å². The van der Waals surface area contributed by atoms with Gasteiger partial charge in [0.25, 0.3) is 5.91 Å². The van der Waals surface area contributed by atoms with Gasteiger partial charge in [-0.2, -0.15) is 0 Å². The van der Waals surface area contributed by atoms with E-state index in [0.717, 1.165) is 24.8 Å². The smallest absolute Gasteiger partial charge is 0.336 e. The molecule has 2 heterocycles. The van der Waals surface area contributed by atoms with Crippen LogP contribution in [-0.2, 0) is 6.42 Å². The van der Waals surface area contributed by atoms with Crippen LogP contribution < -0.4 is 10.9 Å². The van der Waals surface area contributed by atoms with Crippen molar-refractivity contribution in [3.05, 3.63) is 45.6 Å². The molecule has 17 heavy (non-hydrogen) atoms. The highest BCUT2D eigenvalue weighted by molar-refractivity contribution is 5.99. The molecule has 0 spiro atoms. The molecule has 3 rings (SSSR count). The van der Waals surface area contributed by atoms with Crippen LogP contribution in [0.15, 0.2) is 27.6 Å². The second kappa shape index (κ2) is 3.58. The molecule has 1 aromatic heterocycles. The van der Waals surface area contributed by atoms with Gasteiger partial charge in [0.05, 0.1) is 5.56 Å². The number of nitrogens with one attached hydrogen (secondary N) is 1. The molecule has 0 aromatic carbocycles. The van der Waals surface area contributed by atoms with Gasteiger partial charge >= 0.3 is 5.63 Å². The summed E-state index contributed by atoms with van der Waals surface area (Å²) in [6, 6.07) is 1.47. The average molecular weight is 231 g/mol. The van der Waals surface area contributed by atoms with Crippen molar-refractivity contribution in [2.24, 2.45) is 0 Å². The Morgan fingerprint density at radius 1 is 1.35 bits per heavy atom. The maximum atomic E-state index is 11.9. The zero-order valence-electron chi connectivity index (χ0n) is 9.41. The van der Waals surface area contributed by atoms with E-state index in [1.165, 1.54) is 6.07 Å². The molecule has 0 bridgehead atoms. The van der Waals surface area contributed by atoms with Crippen LogP contribution in [-0.4, -0.2) is 5.91 Å². The molecule has 88 valence electrons. The molecule has 4 nitrogen and oxygen atoms in total. The van der Waals surface area contributed by atoms with E-state index in [1.807, 2.05) is 0 Å².